The summed E-state index contributed by atoms with van der Waals surface area (Å²) in [5, 5.41) is 0. The zero-order valence-corrected chi connectivity index (χ0v) is 10.9. The van der Waals surface area contributed by atoms with E-state index in [0.717, 1.165) is 12.8 Å². The topological polar surface area (TPSA) is 38.9 Å². The van der Waals surface area contributed by atoms with Crippen LogP contribution in [0.25, 0.3) is 0 Å². The fourth-order valence-electron chi connectivity index (χ4n) is 2.02. The molecule has 3 heteroatoms. The van der Waals surface area contributed by atoms with Crippen LogP contribution in [0, 0.1) is 6.92 Å². The molecule has 2 aromatic rings. The quantitative estimate of drug-likeness (QED) is 0.880. The minimum atomic E-state index is 0.456. The molecule has 1 aromatic carbocycles. The molecular formula is C14H18N2S. The molecule has 0 aliphatic rings. The molecule has 0 saturated heterocycles. The number of hydrogen-bond donors (Lipinski definition) is 1. The lowest BCUT2D eigenvalue weighted by atomic mass is 9.94. The highest BCUT2D eigenvalue weighted by Crippen LogP contribution is 2.23. The van der Waals surface area contributed by atoms with Crippen molar-refractivity contribution in [3.63, 3.8) is 0 Å². The summed E-state index contributed by atoms with van der Waals surface area (Å²) in [5.41, 5.74) is 10.3. The van der Waals surface area contributed by atoms with Crippen molar-refractivity contribution >= 4 is 11.3 Å². The van der Waals surface area contributed by atoms with Gasteiger partial charge in [-0.15, -0.1) is 11.3 Å². The van der Waals surface area contributed by atoms with Crippen molar-refractivity contribution in [2.75, 3.05) is 6.54 Å². The second-order valence-corrected chi connectivity index (χ2v) is 5.18. The molecule has 0 radical (unpaired) electrons. The predicted octanol–water partition coefficient (Wildman–Crippen LogP) is 3.13. The second-order valence-electron chi connectivity index (χ2n) is 4.24. The molecule has 0 aliphatic carbocycles. The Morgan fingerprint density at radius 3 is 2.65 bits per heavy atom. The van der Waals surface area contributed by atoms with E-state index in [1.54, 1.807) is 11.3 Å². The maximum atomic E-state index is 5.87. The minimum absolute atomic E-state index is 0.456. The Morgan fingerprint density at radius 1 is 1.29 bits per heavy atom. The normalized spacial score (nSPS) is 12.6. The Bertz CT molecular complexity index is 450. The summed E-state index contributed by atoms with van der Waals surface area (Å²) >= 11 is 1.75. The highest BCUT2D eigenvalue weighted by Gasteiger charge is 2.11. The zero-order chi connectivity index (χ0) is 12.1. The van der Waals surface area contributed by atoms with Crippen LogP contribution in [0.5, 0.6) is 0 Å². The molecule has 0 saturated carbocycles. The van der Waals surface area contributed by atoms with E-state index in [1.165, 1.54) is 16.1 Å². The van der Waals surface area contributed by atoms with Crippen LogP contribution in [0.15, 0.2) is 35.8 Å². The molecule has 1 aromatic heterocycles. The lowest BCUT2D eigenvalue weighted by molar-refractivity contribution is 0.636. The third-order valence-corrected chi connectivity index (χ3v) is 4.12. The predicted molar refractivity (Wildman–Crippen MR) is 73.4 cm³/mol. The second kappa shape index (κ2) is 5.94. The van der Waals surface area contributed by atoms with Gasteiger partial charge in [-0.25, -0.2) is 4.98 Å². The number of benzene rings is 1. The van der Waals surface area contributed by atoms with E-state index in [9.17, 15) is 0 Å². The first-order chi connectivity index (χ1) is 8.31. The third-order valence-electron chi connectivity index (χ3n) is 3.12. The molecular weight excluding hydrogens is 228 g/mol. The van der Waals surface area contributed by atoms with Crippen LogP contribution in [0.1, 0.15) is 28.5 Å². The average Bonchev–Trinajstić information content (AvgIpc) is 2.77. The summed E-state index contributed by atoms with van der Waals surface area (Å²) in [7, 11) is 0. The first kappa shape index (κ1) is 12.3. The summed E-state index contributed by atoms with van der Waals surface area (Å²) in [5.74, 6) is 0.456. The number of aromatic nitrogens is 1. The molecule has 2 nitrogen and oxygen atoms in total. The molecule has 0 fully saturated rings. The van der Waals surface area contributed by atoms with E-state index in [1.807, 2.05) is 11.6 Å². The van der Waals surface area contributed by atoms with Crippen LogP contribution in [-0.2, 0) is 6.42 Å². The van der Waals surface area contributed by atoms with Gasteiger partial charge in [-0.2, -0.15) is 0 Å². The number of nitrogens with two attached hydrogens (primary N) is 1. The van der Waals surface area contributed by atoms with Crippen LogP contribution in [0.2, 0.25) is 0 Å². The highest BCUT2D eigenvalue weighted by atomic mass is 32.1. The fourth-order valence-corrected chi connectivity index (χ4v) is 2.81. The van der Waals surface area contributed by atoms with E-state index < -0.39 is 0 Å². The third kappa shape index (κ3) is 3.14. The Hall–Kier alpha value is -1.19. The van der Waals surface area contributed by atoms with Crippen molar-refractivity contribution < 1.29 is 0 Å². The summed E-state index contributed by atoms with van der Waals surface area (Å²) in [6, 6.07) is 10.5. The van der Waals surface area contributed by atoms with Gasteiger partial charge in [0.2, 0.25) is 0 Å². The lowest BCUT2D eigenvalue weighted by Gasteiger charge is -2.14. The molecule has 2 N–H and O–H groups in total. The van der Waals surface area contributed by atoms with Gasteiger partial charge in [0.25, 0.3) is 0 Å². The standard InChI is InChI=1S/C14H18N2S/c1-11-14(17-10-16-11)8-7-13(9-15)12-5-3-2-4-6-12/h2-6,10,13H,7-9,15H2,1H3. The molecule has 0 amide bonds. The van der Waals surface area contributed by atoms with E-state index in [0.29, 0.717) is 12.5 Å². The van der Waals surface area contributed by atoms with E-state index in [4.69, 9.17) is 5.73 Å². The Morgan fingerprint density at radius 2 is 2.06 bits per heavy atom. The first-order valence-electron chi connectivity index (χ1n) is 5.95. The summed E-state index contributed by atoms with van der Waals surface area (Å²) < 4.78 is 0. The van der Waals surface area contributed by atoms with Crippen molar-refractivity contribution in [3.05, 3.63) is 52.0 Å². The smallest absolute Gasteiger partial charge is 0.0797 e. The number of hydrogen-bond acceptors (Lipinski definition) is 3. The number of nitrogens with zero attached hydrogens (tertiary/aromatic N) is 1. The van der Waals surface area contributed by atoms with Gasteiger partial charge < -0.3 is 5.73 Å². The highest BCUT2D eigenvalue weighted by molar-refractivity contribution is 7.09. The molecule has 1 heterocycles. The van der Waals surface area contributed by atoms with Crippen LogP contribution in [0.3, 0.4) is 0 Å². The first-order valence-corrected chi connectivity index (χ1v) is 6.83. The Balaban J connectivity index is 1.99. The molecule has 0 bridgehead atoms. The molecule has 2 rings (SSSR count). The number of aryl methyl sites for hydroxylation is 2. The van der Waals surface area contributed by atoms with Crippen LogP contribution in [0.4, 0.5) is 0 Å². The zero-order valence-electron chi connectivity index (χ0n) is 10.1. The molecule has 1 atom stereocenters. The molecule has 17 heavy (non-hydrogen) atoms. The van der Waals surface area contributed by atoms with Crippen LogP contribution < -0.4 is 5.73 Å². The van der Waals surface area contributed by atoms with E-state index in [-0.39, 0.29) is 0 Å². The van der Waals surface area contributed by atoms with Gasteiger partial charge in [0.1, 0.15) is 0 Å². The number of rotatable bonds is 5. The van der Waals surface area contributed by atoms with Gasteiger partial charge in [0, 0.05) is 4.88 Å². The summed E-state index contributed by atoms with van der Waals surface area (Å²) in [6.45, 7) is 2.79. The number of thiazole rings is 1. The van der Waals surface area contributed by atoms with Gasteiger partial charge in [0.15, 0.2) is 0 Å². The maximum Gasteiger partial charge on any atom is 0.0797 e. The van der Waals surface area contributed by atoms with Crippen LogP contribution in [-0.4, -0.2) is 11.5 Å². The minimum Gasteiger partial charge on any atom is -0.330 e. The lowest BCUT2D eigenvalue weighted by Crippen LogP contribution is -2.13. The van der Waals surface area contributed by atoms with E-state index >= 15 is 0 Å². The van der Waals surface area contributed by atoms with Gasteiger partial charge in [-0.05, 0) is 37.8 Å². The van der Waals surface area contributed by atoms with Crippen LogP contribution >= 0.6 is 11.3 Å². The SMILES string of the molecule is Cc1ncsc1CCC(CN)c1ccccc1. The maximum absolute atomic E-state index is 5.87. The van der Waals surface area contributed by atoms with Gasteiger partial charge in [-0.3, -0.25) is 0 Å². The van der Waals surface area contributed by atoms with Crippen molar-refractivity contribution in [1.29, 1.82) is 0 Å². The molecule has 0 aliphatic heterocycles. The van der Waals surface area contributed by atoms with Crippen molar-refractivity contribution in [3.8, 4) is 0 Å². The van der Waals surface area contributed by atoms with Crippen molar-refractivity contribution in [2.45, 2.75) is 25.7 Å². The Labute approximate surface area is 107 Å². The fraction of sp³-hybridized carbons (Fsp3) is 0.357. The average molecular weight is 246 g/mol. The largest absolute Gasteiger partial charge is 0.330 e. The molecule has 1 unspecified atom stereocenters. The Kier molecular flexibility index (Phi) is 4.29. The monoisotopic (exact) mass is 246 g/mol. The van der Waals surface area contributed by atoms with Crippen molar-refractivity contribution in [2.24, 2.45) is 5.73 Å². The molecule has 0 spiro atoms. The van der Waals surface area contributed by atoms with Gasteiger partial charge >= 0.3 is 0 Å². The van der Waals surface area contributed by atoms with Crippen molar-refractivity contribution in [1.82, 2.24) is 4.98 Å². The van der Waals surface area contributed by atoms with E-state index in [2.05, 4.69) is 36.2 Å². The summed E-state index contributed by atoms with van der Waals surface area (Å²) in [6.07, 6.45) is 2.18. The molecule has 90 valence electrons. The summed E-state index contributed by atoms with van der Waals surface area (Å²) in [4.78, 5) is 5.67. The van der Waals surface area contributed by atoms with Gasteiger partial charge in [0.05, 0.1) is 11.2 Å². The van der Waals surface area contributed by atoms with Gasteiger partial charge in [-0.1, -0.05) is 30.3 Å².